The number of hydrogen-bond acceptors (Lipinski definition) is 6. The molecular weight excluding hydrogens is 397 g/mol. The van der Waals surface area contributed by atoms with E-state index in [4.69, 9.17) is 4.74 Å². The molecule has 7 nitrogen and oxygen atoms in total. The van der Waals surface area contributed by atoms with Crippen molar-refractivity contribution in [1.29, 1.82) is 0 Å². The van der Waals surface area contributed by atoms with Gasteiger partial charge in [-0.05, 0) is 47.2 Å². The largest absolute Gasteiger partial charge is 0.496 e. The van der Waals surface area contributed by atoms with Gasteiger partial charge in [-0.2, -0.15) is 17.9 Å². The summed E-state index contributed by atoms with van der Waals surface area (Å²) in [6, 6.07) is 15.2. The zero-order chi connectivity index (χ0) is 21.1. The fourth-order valence-electron chi connectivity index (χ4n) is 3.75. The summed E-state index contributed by atoms with van der Waals surface area (Å²) >= 11 is 0. The number of methoxy groups -OCH3 is 1. The number of aromatic nitrogens is 4. The standard InChI is InChI=1S/C20H21F3N6O/c1-30-17-8-7-15(29-19(20(21,22)23)26-27-28-29)11-14(17)12-25-16-9-10-24-18(16)13-5-3-2-4-6-13/h2-8,11,16,18,24-25H,9-10,12H2,1H3/t16-,18-/m0/s1. The average Bonchev–Trinajstić information content (AvgIpc) is 3.42. The first-order valence-electron chi connectivity index (χ1n) is 9.52. The van der Waals surface area contributed by atoms with Crippen molar-refractivity contribution in [3.05, 3.63) is 65.5 Å². The first kappa shape index (κ1) is 20.3. The van der Waals surface area contributed by atoms with Gasteiger partial charge in [0.25, 0.3) is 5.82 Å². The van der Waals surface area contributed by atoms with Crippen molar-refractivity contribution in [3.8, 4) is 11.4 Å². The summed E-state index contributed by atoms with van der Waals surface area (Å²) in [6.45, 7) is 1.31. The van der Waals surface area contributed by atoms with Gasteiger partial charge in [0.1, 0.15) is 5.75 Å². The molecule has 30 heavy (non-hydrogen) atoms. The van der Waals surface area contributed by atoms with Crippen LogP contribution in [0.5, 0.6) is 5.75 Å². The summed E-state index contributed by atoms with van der Waals surface area (Å²) in [5, 5.41) is 16.8. The van der Waals surface area contributed by atoms with Crippen LogP contribution in [-0.4, -0.2) is 39.9 Å². The molecule has 0 spiro atoms. The quantitative estimate of drug-likeness (QED) is 0.641. The number of nitrogens with one attached hydrogen (secondary N) is 2. The van der Waals surface area contributed by atoms with E-state index in [0.717, 1.165) is 18.5 Å². The van der Waals surface area contributed by atoms with E-state index in [1.807, 2.05) is 18.2 Å². The Balaban J connectivity index is 1.56. The van der Waals surface area contributed by atoms with Crippen LogP contribution in [-0.2, 0) is 12.7 Å². The van der Waals surface area contributed by atoms with Crippen LogP contribution in [0.15, 0.2) is 48.5 Å². The van der Waals surface area contributed by atoms with Crippen LogP contribution >= 0.6 is 0 Å². The first-order chi connectivity index (χ1) is 14.5. The Hall–Kier alpha value is -2.98. The Labute approximate surface area is 171 Å². The predicted octanol–water partition coefficient (Wildman–Crippen LogP) is 2.88. The van der Waals surface area contributed by atoms with Crippen LogP contribution in [0.4, 0.5) is 13.2 Å². The molecule has 0 amide bonds. The number of ether oxygens (including phenoxy) is 1. The zero-order valence-electron chi connectivity index (χ0n) is 16.2. The van der Waals surface area contributed by atoms with Crippen LogP contribution in [0.25, 0.3) is 5.69 Å². The number of halogens is 3. The normalized spacial score (nSPS) is 19.2. The van der Waals surface area contributed by atoms with Crippen LogP contribution in [0.3, 0.4) is 0 Å². The van der Waals surface area contributed by atoms with E-state index >= 15 is 0 Å². The summed E-state index contributed by atoms with van der Waals surface area (Å²) in [6.07, 6.45) is -3.72. The highest BCUT2D eigenvalue weighted by atomic mass is 19.4. The van der Waals surface area contributed by atoms with Crippen molar-refractivity contribution in [2.75, 3.05) is 13.7 Å². The number of rotatable bonds is 6. The summed E-state index contributed by atoms with van der Waals surface area (Å²) in [5.74, 6) is -0.592. The highest BCUT2D eigenvalue weighted by Gasteiger charge is 2.38. The molecule has 158 valence electrons. The van der Waals surface area contributed by atoms with Gasteiger partial charge in [-0.15, -0.1) is 5.10 Å². The summed E-state index contributed by atoms with van der Waals surface area (Å²) in [7, 11) is 1.53. The summed E-state index contributed by atoms with van der Waals surface area (Å²) < 4.78 is 45.6. The van der Waals surface area contributed by atoms with Gasteiger partial charge < -0.3 is 15.4 Å². The molecule has 10 heteroatoms. The van der Waals surface area contributed by atoms with Crippen molar-refractivity contribution < 1.29 is 17.9 Å². The second-order valence-corrected chi connectivity index (χ2v) is 7.03. The number of tetrazole rings is 1. The van der Waals surface area contributed by atoms with Gasteiger partial charge in [0.15, 0.2) is 0 Å². The van der Waals surface area contributed by atoms with E-state index in [-0.39, 0.29) is 17.8 Å². The molecule has 0 saturated carbocycles. The molecule has 0 bridgehead atoms. The van der Waals surface area contributed by atoms with Gasteiger partial charge in [-0.3, -0.25) is 0 Å². The maximum atomic E-state index is 13.2. The molecule has 1 aliphatic heterocycles. The fraction of sp³-hybridized carbons (Fsp3) is 0.350. The fourth-order valence-corrected chi connectivity index (χ4v) is 3.75. The van der Waals surface area contributed by atoms with E-state index in [1.165, 1.54) is 18.7 Å². The lowest BCUT2D eigenvalue weighted by Gasteiger charge is -2.22. The zero-order valence-corrected chi connectivity index (χ0v) is 16.2. The van der Waals surface area contributed by atoms with Crippen molar-refractivity contribution >= 4 is 0 Å². The minimum Gasteiger partial charge on any atom is -0.496 e. The van der Waals surface area contributed by atoms with E-state index in [1.54, 1.807) is 12.1 Å². The molecular formula is C20H21F3N6O. The molecule has 0 unspecified atom stereocenters. The maximum Gasteiger partial charge on any atom is 0.453 e. The molecule has 2 atom stereocenters. The van der Waals surface area contributed by atoms with Gasteiger partial charge in [0.05, 0.1) is 12.8 Å². The Bertz CT molecular complexity index is 992. The van der Waals surface area contributed by atoms with Crippen molar-refractivity contribution in [2.24, 2.45) is 0 Å². The number of alkyl halides is 3. The molecule has 2 N–H and O–H groups in total. The molecule has 0 radical (unpaired) electrons. The third-order valence-electron chi connectivity index (χ3n) is 5.17. The van der Waals surface area contributed by atoms with Gasteiger partial charge >= 0.3 is 6.18 Å². The maximum absolute atomic E-state index is 13.2. The van der Waals surface area contributed by atoms with Crippen LogP contribution < -0.4 is 15.4 Å². The van der Waals surface area contributed by atoms with Crippen molar-refractivity contribution in [2.45, 2.75) is 31.2 Å². The number of hydrogen-bond donors (Lipinski definition) is 2. The lowest BCUT2D eigenvalue weighted by atomic mass is 10.0. The lowest BCUT2D eigenvalue weighted by molar-refractivity contribution is -0.146. The molecule has 3 aromatic rings. The van der Waals surface area contributed by atoms with Gasteiger partial charge in [0.2, 0.25) is 0 Å². The van der Waals surface area contributed by atoms with E-state index in [2.05, 4.69) is 38.3 Å². The minimum absolute atomic E-state index is 0.164. The topological polar surface area (TPSA) is 76.9 Å². The summed E-state index contributed by atoms with van der Waals surface area (Å²) in [4.78, 5) is 0. The lowest BCUT2D eigenvalue weighted by Crippen LogP contribution is -2.34. The Morgan fingerprint density at radius 1 is 1.20 bits per heavy atom. The molecule has 0 aliphatic carbocycles. The Kier molecular flexibility index (Phi) is 5.69. The molecule has 2 heterocycles. The second-order valence-electron chi connectivity index (χ2n) is 7.03. The monoisotopic (exact) mass is 418 g/mol. The molecule has 4 rings (SSSR count). The van der Waals surface area contributed by atoms with Crippen LogP contribution in [0.2, 0.25) is 0 Å². The highest BCUT2D eigenvalue weighted by Crippen LogP contribution is 2.30. The first-order valence-corrected chi connectivity index (χ1v) is 9.52. The van der Waals surface area contributed by atoms with E-state index in [9.17, 15) is 13.2 Å². The highest BCUT2D eigenvalue weighted by molar-refractivity contribution is 5.44. The molecule has 1 saturated heterocycles. The Morgan fingerprint density at radius 3 is 2.73 bits per heavy atom. The second kappa shape index (κ2) is 8.41. The average molecular weight is 418 g/mol. The molecule has 1 aromatic heterocycles. The van der Waals surface area contributed by atoms with Crippen molar-refractivity contribution in [1.82, 2.24) is 30.8 Å². The third kappa shape index (κ3) is 4.14. The van der Waals surface area contributed by atoms with E-state index < -0.39 is 12.0 Å². The molecule has 1 fully saturated rings. The number of nitrogens with zero attached hydrogens (tertiary/aromatic N) is 4. The minimum atomic E-state index is -4.65. The smallest absolute Gasteiger partial charge is 0.453 e. The van der Waals surface area contributed by atoms with Gasteiger partial charge in [0, 0.05) is 24.2 Å². The molecule has 2 aromatic carbocycles. The number of benzene rings is 2. The van der Waals surface area contributed by atoms with Gasteiger partial charge in [-0.1, -0.05) is 30.3 Å². The van der Waals surface area contributed by atoms with Crippen LogP contribution in [0, 0.1) is 0 Å². The Morgan fingerprint density at radius 2 is 2.00 bits per heavy atom. The molecule has 1 aliphatic rings. The van der Waals surface area contributed by atoms with Gasteiger partial charge in [-0.25, -0.2) is 0 Å². The predicted molar refractivity (Wildman–Crippen MR) is 103 cm³/mol. The third-order valence-corrected chi connectivity index (χ3v) is 5.17. The SMILES string of the molecule is COc1ccc(-n2nnnc2C(F)(F)F)cc1CN[C@H]1CCN[C@H]1c1ccccc1. The van der Waals surface area contributed by atoms with Crippen LogP contribution in [0.1, 0.15) is 29.4 Å². The van der Waals surface area contributed by atoms with Crippen molar-refractivity contribution in [3.63, 3.8) is 0 Å². The van der Waals surface area contributed by atoms with E-state index in [0.29, 0.717) is 17.0 Å². The summed E-state index contributed by atoms with van der Waals surface area (Å²) in [5.41, 5.74) is 2.13.